The second kappa shape index (κ2) is 6.05. The zero-order chi connectivity index (χ0) is 14.9. The minimum atomic E-state index is -3.58. The van der Waals surface area contributed by atoms with Crippen LogP contribution in [0.5, 0.6) is 0 Å². The molecule has 0 spiro atoms. The van der Waals surface area contributed by atoms with Crippen LogP contribution in [0.1, 0.15) is 12.5 Å². The van der Waals surface area contributed by atoms with Crippen molar-refractivity contribution in [1.29, 1.82) is 0 Å². The van der Waals surface area contributed by atoms with Gasteiger partial charge >= 0.3 is 0 Å². The summed E-state index contributed by atoms with van der Waals surface area (Å²) in [4.78, 5) is 0. The standard InChI is InChI=1S/C13H13BrClNO2S2/c1-3-9-4-6-10(7-5-9)16(2)20(17,18)12-8-11(15)13(14)19-12/h4-8H,3H2,1-2H3. The zero-order valence-corrected chi connectivity index (χ0v) is 14.9. The first kappa shape index (κ1) is 15.8. The molecule has 1 aromatic heterocycles. The van der Waals surface area contributed by atoms with Crippen LogP contribution >= 0.6 is 38.9 Å². The van der Waals surface area contributed by atoms with Gasteiger partial charge in [0.1, 0.15) is 4.21 Å². The molecule has 7 heteroatoms. The third-order valence-corrected chi connectivity index (χ3v) is 7.65. The molecule has 0 amide bonds. The fourth-order valence-corrected chi connectivity index (χ4v) is 5.43. The number of halogens is 2. The van der Waals surface area contributed by atoms with Gasteiger partial charge in [0.15, 0.2) is 0 Å². The molecule has 108 valence electrons. The van der Waals surface area contributed by atoms with Crippen molar-refractivity contribution < 1.29 is 8.42 Å². The molecule has 0 bridgehead atoms. The van der Waals surface area contributed by atoms with Crippen LogP contribution in [0.4, 0.5) is 5.69 Å². The van der Waals surface area contributed by atoms with E-state index in [-0.39, 0.29) is 4.21 Å². The fraction of sp³-hybridized carbons (Fsp3) is 0.231. The van der Waals surface area contributed by atoms with Gasteiger partial charge in [0.2, 0.25) is 0 Å². The molecule has 0 saturated heterocycles. The molecule has 0 saturated carbocycles. The van der Waals surface area contributed by atoms with E-state index in [4.69, 9.17) is 11.6 Å². The molecule has 0 aliphatic heterocycles. The molecule has 0 fully saturated rings. The van der Waals surface area contributed by atoms with Crippen molar-refractivity contribution in [2.75, 3.05) is 11.4 Å². The number of rotatable bonds is 4. The molecule has 2 rings (SSSR count). The van der Waals surface area contributed by atoms with Crippen LogP contribution in [0.15, 0.2) is 38.3 Å². The van der Waals surface area contributed by atoms with Gasteiger partial charge in [-0.2, -0.15) is 0 Å². The van der Waals surface area contributed by atoms with Crippen LogP contribution < -0.4 is 4.31 Å². The second-order valence-electron chi connectivity index (χ2n) is 4.18. The maximum Gasteiger partial charge on any atom is 0.273 e. The number of hydrogen-bond acceptors (Lipinski definition) is 3. The fourth-order valence-electron chi connectivity index (χ4n) is 1.67. The molecule has 0 N–H and O–H groups in total. The van der Waals surface area contributed by atoms with Gasteiger partial charge in [-0.1, -0.05) is 30.7 Å². The first-order chi connectivity index (χ1) is 9.36. The monoisotopic (exact) mass is 393 g/mol. The number of nitrogens with zero attached hydrogens (tertiary/aromatic N) is 1. The average molecular weight is 395 g/mol. The van der Waals surface area contributed by atoms with E-state index in [1.807, 2.05) is 12.1 Å². The summed E-state index contributed by atoms with van der Waals surface area (Å²) in [6.07, 6.45) is 0.921. The lowest BCUT2D eigenvalue weighted by molar-refractivity contribution is 0.596. The molecule has 1 heterocycles. The molecule has 20 heavy (non-hydrogen) atoms. The predicted molar refractivity (Wildman–Crippen MR) is 88.4 cm³/mol. The smallest absolute Gasteiger partial charge is 0.269 e. The summed E-state index contributed by atoms with van der Waals surface area (Å²) in [6, 6.07) is 8.93. The van der Waals surface area contributed by atoms with E-state index in [1.54, 1.807) is 12.1 Å². The van der Waals surface area contributed by atoms with E-state index in [2.05, 4.69) is 22.9 Å². The summed E-state index contributed by atoms with van der Waals surface area (Å²) in [7, 11) is -2.04. The number of sulfonamides is 1. The minimum absolute atomic E-state index is 0.219. The topological polar surface area (TPSA) is 37.4 Å². The molecule has 0 radical (unpaired) electrons. The number of anilines is 1. The summed E-state index contributed by atoms with van der Waals surface area (Å²) in [6.45, 7) is 2.06. The minimum Gasteiger partial charge on any atom is -0.269 e. The van der Waals surface area contributed by atoms with Crippen molar-refractivity contribution in [2.24, 2.45) is 0 Å². The molecule has 0 unspecified atom stereocenters. The summed E-state index contributed by atoms with van der Waals surface area (Å²) in [5.74, 6) is 0. The molecular weight excluding hydrogens is 382 g/mol. The van der Waals surface area contributed by atoms with Gasteiger partial charge in [0.05, 0.1) is 14.5 Å². The highest BCUT2D eigenvalue weighted by Crippen LogP contribution is 2.36. The number of hydrogen-bond donors (Lipinski definition) is 0. The first-order valence-corrected chi connectivity index (χ1v) is 9.31. The zero-order valence-electron chi connectivity index (χ0n) is 10.9. The van der Waals surface area contributed by atoms with Gasteiger partial charge < -0.3 is 0 Å². The van der Waals surface area contributed by atoms with Crippen LogP contribution in [-0.2, 0) is 16.4 Å². The van der Waals surface area contributed by atoms with Gasteiger partial charge in [-0.05, 0) is 46.1 Å². The maximum atomic E-state index is 12.5. The van der Waals surface area contributed by atoms with Crippen LogP contribution in [0.3, 0.4) is 0 Å². The Morgan fingerprint density at radius 3 is 2.35 bits per heavy atom. The molecule has 0 aliphatic carbocycles. The number of aryl methyl sites for hydroxylation is 1. The van der Waals surface area contributed by atoms with E-state index >= 15 is 0 Å². The summed E-state index contributed by atoms with van der Waals surface area (Å²) in [5.41, 5.74) is 1.80. The lowest BCUT2D eigenvalue weighted by Gasteiger charge is -2.18. The van der Waals surface area contributed by atoms with E-state index in [0.29, 0.717) is 14.5 Å². The highest BCUT2D eigenvalue weighted by molar-refractivity contribution is 9.11. The van der Waals surface area contributed by atoms with E-state index < -0.39 is 10.0 Å². The van der Waals surface area contributed by atoms with Gasteiger partial charge in [-0.15, -0.1) is 11.3 Å². The molecule has 2 aromatic rings. The SMILES string of the molecule is CCc1ccc(N(C)S(=O)(=O)c2cc(Cl)c(Br)s2)cc1. The third kappa shape index (κ3) is 3.03. The Morgan fingerprint density at radius 1 is 1.30 bits per heavy atom. The highest BCUT2D eigenvalue weighted by atomic mass is 79.9. The van der Waals surface area contributed by atoms with Crippen molar-refractivity contribution in [3.63, 3.8) is 0 Å². The Morgan fingerprint density at radius 2 is 1.90 bits per heavy atom. The lowest BCUT2D eigenvalue weighted by Crippen LogP contribution is -2.25. The molecule has 3 nitrogen and oxygen atoms in total. The predicted octanol–water partition coefficient (Wildman–Crippen LogP) is 4.55. The molecular formula is C13H13BrClNO2S2. The highest BCUT2D eigenvalue weighted by Gasteiger charge is 2.24. The summed E-state index contributed by atoms with van der Waals surface area (Å²) >= 11 is 10.2. The van der Waals surface area contributed by atoms with Crippen molar-refractivity contribution in [3.8, 4) is 0 Å². The average Bonchev–Trinajstić information content (AvgIpc) is 2.78. The van der Waals surface area contributed by atoms with Crippen LogP contribution in [0.2, 0.25) is 5.02 Å². The second-order valence-corrected chi connectivity index (χ2v) is 9.15. The van der Waals surface area contributed by atoms with Gasteiger partial charge in [-0.3, -0.25) is 4.31 Å². The first-order valence-electron chi connectivity index (χ1n) is 5.89. The van der Waals surface area contributed by atoms with Gasteiger partial charge in [0.25, 0.3) is 10.0 Å². The quantitative estimate of drug-likeness (QED) is 0.763. The van der Waals surface area contributed by atoms with E-state index in [9.17, 15) is 8.42 Å². The Hall–Kier alpha value is -0.560. The van der Waals surface area contributed by atoms with Gasteiger partial charge in [-0.25, -0.2) is 8.42 Å². The Labute approximate surface area is 136 Å². The lowest BCUT2D eigenvalue weighted by atomic mass is 10.1. The van der Waals surface area contributed by atoms with Crippen LogP contribution in [-0.4, -0.2) is 15.5 Å². The number of thiophene rings is 1. The molecule has 1 aromatic carbocycles. The Balaban J connectivity index is 2.37. The van der Waals surface area contributed by atoms with Crippen molar-refractivity contribution in [2.45, 2.75) is 17.6 Å². The van der Waals surface area contributed by atoms with E-state index in [1.165, 1.54) is 23.0 Å². The van der Waals surface area contributed by atoms with Crippen molar-refractivity contribution >= 4 is 54.6 Å². The summed E-state index contributed by atoms with van der Waals surface area (Å²) < 4.78 is 27.1. The van der Waals surface area contributed by atoms with Gasteiger partial charge in [0, 0.05) is 7.05 Å². The Bertz CT molecular complexity index is 691. The normalized spacial score (nSPS) is 11.6. The largest absolute Gasteiger partial charge is 0.273 e. The molecule has 0 atom stereocenters. The van der Waals surface area contributed by atoms with Crippen molar-refractivity contribution in [1.82, 2.24) is 0 Å². The molecule has 0 aliphatic rings. The number of benzene rings is 1. The third-order valence-electron chi connectivity index (χ3n) is 2.95. The Kier molecular flexibility index (Phi) is 4.79. The van der Waals surface area contributed by atoms with E-state index in [0.717, 1.165) is 17.8 Å². The van der Waals surface area contributed by atoms with Crippen LogP contribution in [0, 0.1) is 0 Å². The van der Waals surface area contributed by atoms with Crippen LogP contribution in [0.25, 0.3) is 0 Å². The summed E-state index contributed by atoms with van der Waals surface area (Å²) in [5, 5.41) is 0.406. The van der Waals surface area contributed by atoms with Crippen molar-refractivity contribution in [3.05, 3.63) is 44.7 Å². The maximum absolute atomic E-state index is 12.5.